The number of ether oxygens (including phenoxy) is 3. The zero-order chi connectivity index (χ0) is 20.6. The molecule has 1 atom stereocenters. The van der Waals surface area contributed by atoms with E-state index in [1.165, 1.54) is 0 Å². The van der Waals surface area contributed by atoms with Gasteiger partial charge in [-0.3, -0.25) is 0 Å². The van der Waals surface area contributed by atoms with E-state index in [0.29, 0.717) is 6.54 Å². The fraction of sp³-hybridized carbons (Fsp3) is 0.435. The van der Waals surface area contributed by atoms with E-state index in [0.717, 1.165) is 35.4 Å². The summed E-state index contributed by atoms with van der Waals surface area (Å²) in [5, 5.41) is 3.07. The maximum absolute atomic E-state index is 13.2. The van der Waals surface area contributed by atoms with Crippen molar-refractivity contribution in [2.45, 2.75) is 31.6 Å². The smallest absolute Gasteiger partial charge is 0.322 e. The number of carbonyl (C=O) groups is 1. The second-order valence-corrected chi connectivity index (χ2v) is 8.09. The summed E-state index contributed by atoms with van der Waals surface area (Å²) in [5.74, 6) is 0.175. The molecule has 0 aromatic heterocycles. The number of rotatable bonds is 5. The number of amides is 2. The van der Waals surface area contributed by atoms with Crippen LogP contribution in [0, 0.1) is 12.3 Å². The van der Waals surface area contributed by atoms with Crippen molar-refractivity contribution in [3.05, 3.63) is 59.7 Å². The van der Waals surface area contributed by atoms with Crippen LogP contribution in [0.25, 0.3) is 0 Å². The van der Waals surface area contributed by atoms with Crippen molar-refractivity contribution in [3.8, 4) is 5.75 Å². The van der Waals surface area contributed by atoms with Gasteiger partial charge in [-0.1, -0.05) is 36.4 Å². The van der Waals surface area contributed by atoms with Gasteiger partial charge < -0.3 is 24.4 Å². The van der Waals surface area contributed by atoms with Gasteiger partial charge in [0.1, 0.15) is 5.75 Å². The molecule has 1 saturated heterocycles. The number of benzene rings is 2. The molecule has 2 fully saturated rings. The molecule has 1 aliphatic heterocycles. The fourth-order valence-electron chi connectivity index (χ4n) is 4.84. The predicted octanol–water partition coefficient (Wildman–Crippen LogP) is 4.36. The Morgan fingerprint density at radius 3 is 2.38 bits per heavy atom. The van der Waals surface area contributed by atoms with Crippen molar-refractivity contribution in [1.82, 2.24) is 4.90 Å². The lowest BCUT2D eigenvalue weighted by Crippen LogP contribution is -2.71. The van der Waals surface area contributed by atoms with E-state index in [1.807, 2.05) is 48.2 Å². The van der Waals surface area contributed by atoms with Crippen LogP contribution in [-0.4, -0.2) is 44.6 Å². The molecule has 29 heavy (non-hydrogen) atoms. The van der Waals surface area contributed by atoms with E-state index >= 15 is 0 Å². The number of hydrogen-bond donors (Lipinski definition) is 1. The van der Waals surface area contributed by atoms with Crippen LogP contribution in [0.3, 0.4) is 0 Å². The van der Waals surface area contributed by atoms with E-state index in [2.05, 4.69) is 17.4 Å². The van der Waals surface area contributed by atoms with Crippen LogP contribution in [0.1, 0.15) is 30.0 Å². The van der Waals surface area contributed by atoms with Crippen molar-refractivity contribution < 1.29 is 19.0 Å². The monoisotopic (exact) mass is 396 g/mol. The molecule has 0 bridgehead atoms. The number of carbonyl (C=O) groups excluding carboxylic acids is 1. The van der Waals surface area contributed by atoms with E-state index in [9.17, 15) is 4.79 Å². The van der Waals surface area contributed by atoms with E-state index < -0.39 is 5.79 Å². The Labute approximate surface area is 171 Å². The molecule has 1 N–H and O–H groups in total. The van der Waals surface area contributed by atoms with Crippen LogP contribution in [0.2, 0.25) is 0 Å². The molecule has 6 heteroatoms. The van der Waals surface area contributed by atoms with E-state index in [-0.39, 0.29) is 17.5 Å². The number of nitrogens with one attached hydrogen (secondary N) is 1. The minimum absolute atomic E-state index is 0.00645. The van der Waals surface area contributed by atoms with Gasteiger partial charge in [-0.2, -0.15) is 0 Å². The van der Waals surface area contributed by atoms with Crippen LogP contribution in [0.5, 0.6) is 5.75 Å². The van der Waals surface area contributed by atoms with Gasteiger partial charge in [-0.25, -0.2) is 4.79 Å². The molecule has 2 aromatic carbocycles. The van der Waals surface area contributed by atoms with Gasteiger partial charge in [0.15, 0.2) is 5.79 Å². The van der Waals surface area contributed by atoms with Gasteiger partial charge in [-0.05, 0) is 24.1 Å². The molecule has 2 aromatic rings. The first kappa shape index (κ1) is 19.7. The molecule has 0 radical (unpaired) electrons. The van der Waals surface area contributed by atoms with Crippen LogP contribution in [-0.2, 0) is 9.47 Å². The van der Waals surface area contributed by atoms with Gasteiger partial charge >= 0.3 is 6.03 Å². The normalized spacial score (nSPS) is 21.2. The molecule has 4 rings (SSSR count). The minimum atomic E-state index is -0.543. The molecule has 154 valence electrons. The van der Waals surface area contributed by atoms with Crippen molar-refractivity contribution in [1.29, 1.82) is 0 Å². The Bertz CT molecular complexity index is 887. The molecule has 1 saturated carbocycles. The van der Waals surface area contributed by atoms with Crippen LogP contribution in [0.15, 0.2) is 48.5 Å². The Hall–Kier alpha value is -2.57. The summed E-state index contributed by atoms with van der Waals surface area (Å²) in [4.78, 5) is 15.1. The molecule has 1 heterocycles. The zero-order valence-corrected chi connectivity index (χ0v) is 17.4. The number of likely N-dealkylation sites (tertiary alicyclic amines) is 1. The van der Waals surface area contributed by atoms with Crippen LogP contribution >= 0.6 is 0 Å². The molecule has 1 unspecified atom stereocenters. The highest BCUT2D eigenvalue weighted by Crippen LogP contribution is 2.65. The summed E-state index contributed by atoms with van der Waals surface area (Å²) in [7, 11) is 4.99. The molecule has 1 spiro atoms. The van der Waals surface area contributed by atoms with Gasteiger partial charge in [0, 0.05) is 50.8 Å². The first-order valence-corrected chi connectivity index (χ1v) is 9.83. The highest BCUT2D eigenvalue weighted by atomic mass is 16.7. The third-order valence-electron chi connectivity index (χ3n) is 6.43. The van der Waals surface area contributed by atoms with Gasteiger partial charge in [-0.15, -0.1) is 0 Å². The summed E-state index contributed by atoms with van der Waals surface area (Å²) in [6.45, 7) is 2.65. The van der Waals surface area contributed by atoms with Crippen molar-refractivity contribution in [2.75, 3.05) is 33.2 Å². The minimum Gasteiger partial charge on any atom is -0.497 e. The Kier molecular flexibility index (Phi) is 5.00. The molecule has 2 amide bonds. The lowest BCUT2D eigenvalue weighted by molar-refractivity contribution is -0.329. The van der Waals surface area contributed by atoms with Gasteiger partial charge in [0.25, 0.3) is 0 Å². The topological polar surface area (TPSA) is 60.0 Å². The largest absolute Gasteiger partial charge is 0.497 e. The first-order valence-electron chi connectivity index (χ1n) is 9.83. The van der Waals surface area contributed by atoms with Crippen molar-refractivity contribution in [3.63, 3.8) is 0 Å². The number of methoxy groups -OCH3 is 3. The molecule has 1 aliphatic carbocycles. The summed E-state index contributed by atoms with van der Waals surface area (Å²) < 4.78 is 16.5. The quantitative estimate of drug-likeness (QED) is 0.763. The molecule has 2 aliphatic rings. The summed E-state index contributed by atoms with van der Waals surface area (Å²) in [6.07, 6.45) is 1.54. The lowest BCUT2D eigenvalue weighted by Gasteiger charge is -2.67. The first-order chi connectivity index (χ1) is 14.0. The van der Waals surface area contributed by atoms with Crippen LogP contribution < -0.4 is 10.1 Å². The summed E-state index contributed by atoms with van der Waals surface area (Å²) in [6, 6.07) is 15.8. The summed E-state index contributed by atoms with van der Waals surface area (Å²) >= 11 is 0. The Balaban J connectivity index is 1.57. The van der Waals surface area contributed by atoms with Crippen molar-refractivity contribution >= 4 is 11.7 Å². The van der Waals surface area contributed by atoms with E-state index in [4.69, 9.17) is 14.2 Å². The molecular weight excluding hydrogens is 368 g/mol. The second-order valence-electron chi connectivity index (χ2n) is 8.09. The maximum Gasteiger partial charge on any atom is 0.322 e. The lowest BCUT2D eigenvalue weighted by atomic mass is 9.53. The SMILES string of the molecule is COc1ccc(C)c(NC(=O)N2CC3(CC(OC)(OC)C3)C2c2ccccc2)c1. The van der Waals surface area contributed by atoms with Gasteiger partial charge in [0.2, 0.25) is 0 Å². The van der Waals surface area contributed by atoms with Crippen molar-refractivity contribution in [2.24, 2.45) is 5.41 Å². The van der Waals surface area contributed by atoms with E-state index in [1.54, 1.807) is 21.3 Å². The fourth-order valence-corrected chi connectivity index (χ4v) is 4.84. The molecule has 6 nitrogen and oxygen atoms in total. The number of hydrogen-bond acceptors (Lipinski definition) is 4. The average molecular weight is 396 g/mol. The second kappa shape index (κ2) is 7.35. The third-order valence-corrected chi connectivity index (χ3v) is 6.43. The zero-order valence-electron chi connectivity index (χ0n) is 17.4. The third kappa shape index (κ3) is 3.26. The highest BCUT2D eigenvalue weighted by Gasteiger charge is 2.67. The Morgan fingerprint density at radius 2 is 1.76 bits per heavy atom. The standard InChI is InChI=1S/C23H28N2O4/c1-16-10-11-18(27-2)12-19(16)24-21(26)25-15-22(13-23(14-22,28-3)29-4)20(25)17-8-6-5-7-9-17/h5-12,20H,13-15H2,1-4H3,(H,24,26). The van der Waals surface area contributed by atoms with Gasteiger partial charge in [0.05, 0.1) is 13.2 Å². The molecular formula is C23H28N2O4. The number of anilines is 1. The highest BCUT2D eigenvalue weighted by molar-refractivity contribution is 5.91. The number of nitrogens with zero attached hydrogens (tertiary/aromatic N) is 1. The predicted molar refractivity (Wildman–Crippen MR) is 111 cm³/mol. The summed E-state index contributed by atoms with van der Waals surface area (Å²) in [5.41, 5.74) is 2.87. The number of aryl methyl sites for hydroxylation is 1. The maximum atomic E-state index is 13.2. The van der Waals surface area contributed by atoms with Crippen LogP contribution in [0.4, 0.5) is 10.5 Å². The Morgan fingerprint density at radius 1 is 1.07 bits per heavy atom. The number of urea groups is 1. The average Bonchev–Trinajstić information content (AvgIpc) is 2.69.